The largest absolute Gasteiger partial charge is 0.350 e. The Morgan fingerprint density at radius 2 is 2.07 bits per heavy atom. The predicted molar refractivity (Wildman–Crippen MR) is 98.9 cm³/mol. The third-order valence-electron chi connectivity index (χ3n) is 4.78. The minimum Gasteiger partial charge on any atom is -0.350 e. The summed E-state index contributed by atoms with van der Waals surface area (Å²) in [6.07, 6.45) is 2.81. The molecule has 146 valence electrons. The van der Waals surface area contributed by atoms with E-state index < -0.39 is 11.6 Å². The molecule has 1 N–H and O–H groups in total. The van der Waals surface area contributed by atoms with Crippen molar-refractivity contribution in [1.29, 1.82) is 0 Å². The lowest BCUT2D eigenvalue weighted by Crippen LogP contribution is -2.24. The van der Waals surface area contributed by atoms with Gasteiger partial charge in [0.1, 0.15) is 0 Å². The van der Waals surface area contributed by atoms with E-state index >= 15 is 0 Å². The molecule has 3 rings (SSSR count). The van der Waals surface area contributed by atoms with Gasteiger partial charge in [0.2, 0.25) is 5.91 Å². The zero-order chi connectivity index (χ0) is 19.2. The van der Waals surface area contributed by atoms with E-state index in [2.05, 4.69) is 28.3 Å². The van der Waals surface area contributed by atoms with E-state index in [4.69, 9.17) is 0 Å². The molecule has 1 aromatic carbocycles. The van der Waals surface area contributed by atoms with Crippen LogP contribution in [0.3, 0.4) is 0 Å². The number of aryl methyl sites for hydroxylation is 2. The minimum atomic E-state index is -0.885. The Hall–Kier alpha value is -2.28. The average molecular weight is 376 g/mol. The van der Waals surface area contributed by atoms with Gasteiger partial charge in [0.15, 0.2) is 11.6 Å². The molecule has 1 aliphatic heterocycles. The van der Waals surface area contributed by atoms with Gasteiger partial charge in [0, 0.05) is 26.1 Å². The van der Waals surface area contributed by atoms with Crippen LogP contribution in [0.4, 0.5) is 8.78 Å². The van der Waals surface area contributed by atoms with Crippen LogP contribution in [-0.4, -0.2) is 33.7 Å². The van der Waals surface area contributed by atoms with Crippen LogP contribution in [0.5, 0.6) is 0 Å². The molecule has 0 radical (unpaired) electrons. The average Bonchev–Trinajstić information content (AvgIpc) is 2.93. The standard InChI is InChI=1S/C20H26F2N4O/c1-2-8-25-9-3-10-26-17(14-25)12-16(24-26)13-23-20(27)7-5-15-4-6-18(21)19(22)11-15/h4,6,11-12H,2-3,5,7-10,13-14H2,1H3,(H,23,27). The van der Waals surface area contributed by atoms with Crippen molar-refractivity contribution in [3.8, 4) is 0 Å². The highest BCUT2D eigenvalue weighted by Crippen LogP contribution is 2.14. The summed E-state index contributed by atoms with van der Waals surface area (Å²) in [4.78, 5) is 14.5. The van der Waals surface area contributed by atoms with Crippen LogP contribution in [-0.2, 0) is 30.8 Å². The molecular formula is C20H26F2N4O. The lowest BCUT2D eigenvalue weighted by Gasteiger charge is -2.17. The van der Waals surface area contributed by atoms with Gasteiger partial charge in [-0.3, -0.25) is 14.4 Å². The molecule has 0 saturated heterocycles. The van der Waals surface area contributed by atoms with Gasteiger partial charge in [-0.2, -0.15) is 5.10 Å². The molecule has 0 unspecified atom stereocenters. The third-order valence-corrected chi connectivity index (χ3v) is 4.78. The Kier molecular flexibility index (Phi) is 6.55. The van der Waals surface area contributed by atoms with Crippen LogP contribution in [0.15, 0.2) is 24.3 Å². The summed E-state index contributed by atoms with van der Waals surface area (Å²) in [5.74, 6) is -1.89. The lowest BCUT2D eigenvalue weighted by atomic mass is 10.1. The highest BCUT2D eigenvalue weighted by molar-refractivity contribution is 5.76. The first-order valence-electron chi connectivity index (χ1n) is 9.53. The first-order valence-corrected chi connectivity index (χ1v) is 9.53. The van der Waals surface area contributed by atoms with Crippen molar-refractivity contribution in [3.63, 3.8) is 0 Å². The zero-order valence-corrected chi connectivity index (χ0v) is 15.7. The fourth-order valence-electron chi connectivity index (χ4n) is 3.41. The van der Waals surface area contributed by atoms with Crippen molar-refractivity contribution in [3.05, 3.63) is 52.9 Å². The van der Waals surface area contributed by atoms with Gasteiger partial charge in [-0.25, -0.2) is 8.78 Å². The smallest absolute Gasteiger partial charge is 0.220 e. The minimum absolute atomic E-state index is 0.129. The van der Waals surface area contributed by atoms with Crippen LogP contribution in [0.2, 0.25) is 0 Å². The van der Waals surface area contributed by atoms with E-state index in [9.17, 15) is 13.6 Å². The Morgan fingerprint density at radius 1 is 1.22 bits per heavy atom. The molecule has 0 aliphatic carbocycles. The number of halogens is 2. The van der Waals surface area contributed by atoms with E-state index in [1.54, 1.807) is 0 Å². The number of carbonyl (C=O) groups is 1. The van der Waals surface area contributed by atoms with Gasteiger partial charge >= 0.3 is 0 Å². The van der Waals surface area contributed by atoms with Gasteiger partial charge in [0.05, 0.1) is 17.9 Å². The maximum atomic E-state index is 13.2. The van der Waals surface area contributed by atoms with Crippen LogP contribution in [0.1, 0.15) is 43.1 Å². The van der Waals surface area contributed by atoms with Crippen molar-refractivity contribution in [1.82, 2.24) is 20.0 Å². The zero-order valence-electron chi connectivity index (χ0n) is 15.7. The van der Waals surface area contributed by atoms with Crippen LogP contribution < -0.4 is 5.32 Å². The predicted octanol–water partition coefficient (Wildman–Crippen LogP) is 3.03. The summed E-state index contributed by atoms with van der Waals surface area (Å²) in [6.45, 7) is 6.53. The topological polar surface area (TPSA) is 50.2 Å². The van der Waals surface area contributed by atoms with Crippen molar-refractivity contribution in [2.45, 2.75) is 52.2 Å². The molecule has 1 aliphatic rings. The quantitative estimate of drug-likeness (QED) is 0.808. The molecule has 2 aromatic rings. The number of amides is 1. The number of nitrogens with zero attached hydrogens (tertiary/aromatic N) is 3. The normalized spacial score (nSPS) is 14.6. The second-order valence-corrected chi connectivity index (χ2v) is 7.01. The second-order valence-electron chi connectivity index (χ2n) is 7.01. The maximum Gasteiger partial charge on any atom is 0.220 e. The van der Waals surface area contributed by atoms with Crippen LogP contribution in [0, 0.1) is 11.6 Å². The Balaban J connectivity index is 1.49. The number of hydrogen-bond donors (Lipinski definition) is 1. The van der Waals surface area contributed by atoms with Crippen molar-refractivity contribution < 1.29 is 13.6 Å². The maximum absolute atomic E-state index is 13.2. The van der Waals surface area contributed by atoms with Crippen LogP contribution in [0.25, 0.3) is 0 Å². The molecule has 7 heteroatoms. The van der Waals surface area contributed by atoms with Gasteiger partial charge in [-0.1, -0.05) is 13.0 Å². The molecule has 0 atom stereocenters. The molecule has 5 nitrogen and oxygen atoms in total. The van der Waals surface area contributed by atoms with E-state index in [0.29, 0.717) is 18.5 Å². The van der Waals surface area contributed by atoms with Gasteiger partial charge in [-0.15, -0.1) is 0 Å². The summed E-state index contributed by atoms with van der Waals surface area (Å²) in [6, 6.07) is 5.78. The van der Waals surface area contributed by atoms with E-state index in [0.717, 1.165) is 56.8 Å². The number of carbonyl (C=O) groups excluding carboxylic acids is 1. The van der Waals surface area contributed by atoms with E-state index in [1.807, 2.05) is 4.68 Å². The third kappa shape index (κ3) is 5.35. The number of hydrogen-bond acceptors (Lipinski definition) is 3. The van der Waals surface area contributed by atoms with E-state index in [-0.39, 0.29) is 12.3 Å². The molecule has 2 heterocycles. The Bertz CT molecular complexity index is 790. The van der Waals surface area contributed by atoms with Crippen molar-refractivity contribution >= 4 is 5.91 Å². The fraction of sp³-hybridized carbons (Fsp3) is 0.500. The number of benzene rings is 1. The summed E-state index contributed by atoms with van der Waals surface area (Å²) >= 11 is 0. The van der Waals surface area contributed by atoms with Gasteiger partial charge in [0.25, 0.3) is 0 Å². The summed E-state index contributed by atoms with van der Waals surface area (Å²) in [5, 5.41) is 7.46. The lowest BCUT2D eigenvalue weighted by molar-refractivity contribution is -0.121. The molecular weight excluding hydrogens is 350 g/mol. The first kappa shape index (κ1) is 19.5. The second kappa shape index (κ2) is 9.08. The number of nitrogens with one attached hydrogen (secondary N) is 1. The monoisotopic (exact) mass is 376 g/mol. The molecule has 0 saturated carbocycles. The van der Waals surface area contributed by atoms with Crippen LogP contribution >= 0.6 is 0 Å². The van der Waals surface area contributed by atoms with Gasteiger partial charge in [-0.05, 0) is 49.6 Å². The highest BCUT2D eigenvalue weighted by Gasteiger charge is 2.16. The summed E-state index contributed by atoms with van der Waals surface area (Å²) < 4.78 is 28.2. The van der Waals surface area contributed by atoms with Gasteiger partial charge < -0.3 is 5.32 Å². The molecule has 0 bridgehead atoms. The summed E-state index contributed by atoms with van der Waals surface area (Å²) in [5.41, 5.74) is 2.64. The molecule has 27 heavy (non-hydrogen) atoms. The molecule has 1 amide bonds. The highest BCUT2D eigenvalue weighted by atomic mass is 19.2. The number of aromatic nitrogens is 2. The van der Waals surface area contributed by atoms with Crippen molar-refractivity contribution in [2.24, 2.45) is 0 Å². The van der Waals surface area contributed by atoms with Crippen molar-refractivity contribution in [2.75, 3.05) is 13.1 Å². The van der Waals surface area contributed by atoms with E-state index in [1.165, 1.54) is 11.8 Å². The number of fused-ring (bicyclic) bond motifs is 1. The number of rotatable bonds is 7. The molecule has 1 aromatic heterocycles. The molecule has 0 spiro atoms. The first-order chi connectivity index (χ1) is 13.0. The SMILES string of the molecule is CCCN1CCCn2nc(CNC(=O)CCc3ccc(F)c(F)c3)cc2C1. The molecule has 0 fully saturated rings. The fourth-order valence-corrected chi connectivity index (χ4v) is 3.41. The Labute approximate surface area is 158 Å². The summed E-state index contributed by atoms with van der Waals surface area (Å²) in [7, 11) is 0. The Morgan fingerprint density at radius 3 is 2.85 bits per heavy atom.